The van der Waals surface area contributed by atoms with Crippen molar-refractivity contribution in [3.8, 4) is 11.3 Å². The highest BCUT2D eigenvalue weighted by atomic mass is 19.1. The number of pyridine rings is 1. The molecule has 1 aliphatic rings. The largest absolute Gasteiger partial charge is 0.373 e. The minimum absolute atomic E-state index is 0.332. The van der Waals surface area contributed by atoms with Gasteiger partial charge in [0.2, 0.25) is 0 Å². The molecule has 0 atom stereocenters. The zero-order valence-corrected chi connectivity index (χ0v) is 8.56. The van der Waals surface area contributed by atoms with E-state index in [2.05, 4.69) is 10.1 Å². The summed E-state index contributed by atoms with van der Waals surface area (Å²) in [4.78, 5) is 4.04. The van der Waals surface area contributed by atoms with Crippen LogP contribution in [0.25, 0.3) is 11.3 Å². The third-order valence-corrected chi connectivity index (χ3v) is 2.64. The number of nitrogens with zero attached hydrogens (tertiary/aromatic N) is 3. The van der Waals surface area contributed by atoms with Crippen molar-refractivity contribution in [2.75, 3.05) is 6.61 Å². The van der Waals surface area contributed by atoms with E-state index in [-0.39, 0.29) is 5.82 Å². The van der Waals surface area contributed by atoms with Crippen LogP contribution < -0.4 is 0 Å². The first-order valence-electron chi connectivity index (χ1n) is 5.09. The predicted octanol–water partition coefficient (Wildman–Crippen LogP) is 1.61. The van der Waals surface area contributed by atoms with Crippen molar-refractivity contribution in [1.29, 1.82) is 0 Å². The van der Waals surface area contributed by atoms with Crippen LogP contribution in [0.1, 0.15) is 5.69 Å². The van der Waals surface area contributed by atoms with Crippen LogP contribution in [-0.4, -0.2) is 21.4 Å². The summed E-state index contributed by atoms with van der Waals surface area (Å²) in [6.07, 6.45) is 2.97. The van der Waals surface area contributed by atoms with Crippen molar-refractivity contribution in [2.45, 2.75) is 13.2 Å². The van der Waals surface area contributed by atoms with E-state index in [4.69, 9.17) is 4.74 Å². The Kier molecular flexibility index (Phi) is 2.18. The number of ether oxygens (including phenoxy) is 1. The van der Waals surface area contributed by atoms with E-state index in [0.717, 1.165) is 23.5 Å². The van der Waals surface area contributed by atoms with Gasteiger partial charge in [-0.3, -0.25) is 9.67 Å². The molecule has 0 spiro atoms. The van der Waals surface area contributed by atoms with Gasteiger partial charge in [0.05, 0.1) is 43.5 Å². The minimum atomic E-state index is -0.332. The van der Waals surface area contributed by atoms with Gasteiger partial charge < -0.3 is 4.74 Å². The van der Waals surface area contributed by atoms with Crippen LogP contribution in [0.3, 0.4) is 0 Å². The maximum absolute atomic E-state index is 12.8. The fraction of sp³-hybridized carbons (Fsp3) is 0.273. The lowest BCUT2D eigenvalue weighted by atomic mass is 10.1. The predicted molar refractivity (Wildman–Crippen MR) is 55.1 cm³/mol. The summed E-state index contributed by atoms with van der Waals surface area (Å²) in [5.41, 5.74) is 2.65. The van der Waals surface area contributed by atoms with Crippen LogP contribution in [0.15, 0.2) is 24.5 Å². The summed E-state index contributed by atoms with van der Waals surface area (Å²) in [5.74, 6) is -0.332. The summed E-state index contributed by atoms with van der Waals surface area (Å²) < 4.78 is 20.0. The highest BCUT2D eigenvalue weighted by molar-refractivity contribution is 5.61. The molecule has 16 heavy (non-hydrogen) atoms. The minimum Gasteiger partial charge on any atom is -0.373 e. The number of rotatable bonds is 1. The molecule has 0 saturated carbocycles. The van der Waals surface area contributed by atoms with E-state index in [1.54, 1.807) is 12.3 Å². The molecule has 3 heterocycles. The Balaban J connectivity index is 2.06. The van der Waals surface area contributed by atoms with Crippen LogP contribution in [-0.2, 0) is 17.9 Å². The second-order valence-corrected chi connectivity index (χ2v) is 3.64. The zero-order chi connectivity index (χ0) is 11.0. The molecule has 0 fully saturated rings. The summed E-state index contributed by atoms with van der Waals surface area (Å²) in [6.45, 7) is 1.98. The van der Waals surface area contributed by atoms with Gasteiger partial charge in [-0.25, -0.2) is 4.39 Å². The number of halogens is 1. The zero-order valence-electron chi connectivity index (χ0n) is 8.56. The van der Waals surface area contributed by atoms with Crippen LogP contribution in [0.2, 0.25) is 0 Å². The molecule has 0 N–H and O–H groups in total. The van der Waals surface area contributed by atoms with Gasteiger partial charge in [0.15, 0.2) is 0 Å². The number of hydrogen-bond acceptors (Lipinski definition) is 3. The van der Waals surface area contributed by atoms with Gasteiger partial charge in [-0.15, -0.1) is 0 Å². The molecule has 0 radical (unpaired) electrons. The number of aromatic nitrogens is 3. The molecular formula is C11H10FN3O. The molecule has 2 aromatic heterocycles. The summed E-state index contributed by atoms with van der Waals surface area (Å²) in [7, 11) is 0. The normalized spacial score (nSPS) is 14.8. The molecule has 0 bridgehead atoms. The van der Waals surface area contributed by atoms with Crippen molar-refractivity contribution in [3.05, 3.63) is 36.0 Å². The molecule has 0 unspecified atom stereocenters. The topological polar surface area (TPSA) is 39.9 Å². The van der Waals surface area contributed by atoms with Gasteiger partial charge in [0, 0.05) is 5.56 Å². The lowest BCUT2D eigenvalue weighted by Gasteiger charge is -2.15. The molecule has 3 rings (SSSR count). The third-order valence-electron chi connectivity index (χ3n) is 2.64. The van der Waals surface area contributed by atoms with Gasteiger partial charge in [0.25, 0.3) is 0 Å². The van der Waals surface area contributed by atoms with Crippen molar-refractivity contribution >= 4 is 0 Å². The second-order valence-electron chi connectivity index (χ2n) is 3.64. The van der Waals surface area contributed by atoms with Crippen molar-refractivity contribution < 1.29 is 9.13 Å². The lowest BCUT2D eigenvalue weighted by molar-refractivity contribution is 0.0804. The molecule has 0 aliphatic carbocycles. The van der Waals surface area contributed by atoms with E-state index in [1.807, 2.05) is 4.68 Å². The summed E-state index contributed by atoms with van der Waals surface area (Å²) >= 11 is 0. The van der Waals surface area contributed by atoms with E-state index in [1.165, 1.54) is 12.3 Å². The maximum atomic E-state index is 12.8. The van der Waals surface area contributed by atoms with Crippen LogP contribution >= 0.6 is 0 Å². The highest BCUT2D eigenvalue weighted by Crippen LogP contribution is 2.24. The lowest BCUT2D eigenvalue weighted by Crippen LogP contribution is -2.17. The third kappa shape index (κ3) is 1.49. The van der Waals surface area contributed by atoms with Crippen molar-refractivity contribution in [2.24, 2.45) is 0 Å². The maximum Gasteiger partial charge on any atom is 0.141 e. The average Bonchev–Trinajstić information content (AvgIpc) is 2.74. The number of hydrogen-bond donors (Lipinski definition) is 0. The Morgan fingerprint density at radius 3 is 3.06 bits per heavy atom. The molecule has 82 valence electrons. The van der Waals surface area contributed by atoms with E-state index >= 15 is 0 Å². The molecule has 0 aromatic carbocycles. The Labute approximate surface area is 91.7 Å². The monoisotopic (exact) mass is 219 g/mol. The van der Waals surface area contributed by atoms with Gasteiger partial charge in [-0.2, -0.15) is 5.10 Å². The van der Waals surface area contributed by atoms with E-state index < -0.39 is 0 Å². The fourth-order valence-corrected chi connectivity index (χ4v) is 1.82. The average molecular weight is 219 g/mol. The standard InChI is InChI=1S/C11H10FN3O/c12-8-1-2-10(13-5-8)9-6-14-15-3-4-16-7-11(9)15/h1-2,5-6H,3-4,7H2. The van der Waals surface area contributed by atoms with Gasteiger partial charge in [-0.05, 0) is 12.1 Å². The highest BCUT2D eigenvalue weighted by Gasteiger charge is 2.16. The molecule has 2 aromatic rings. The molecule has 1 aliphatic heterocycles. The molecule has 4 nitrogen and oxygen atoms in total. The first-order valence-corrected chi connectivity index (χ1v) is 5.09. The van der Waals surface area contributed by atoms with E-state index in [9.17, 15) is 4.39 Å². The molecule has 5 heteroatoms. The smallest absolute Gasteiger partial charge is 0.141 e. The fourth-order valence-electron chi connectivity index (χ4n) is 1.82. The Morgan fingerprint density at radius 2 is 2.25 bits per heavy atom. The first kappa shape index (κ1) is 9.47. The van der Waals surface area contributed by atoms with Crippen LogP contribution in [0.5, 0.6) is 0 Å². The Morgan fingerprint density at radius 1 is 1.31 bits per heavy atom. The Hall–Kier alpha value is -1.75. The quantitative estimate of drug-likeness (QED) is 0.731. The summed E-state index contributed by atoms with van der Waals surface area (Å²) in [5, 5.41) is 4.26. The summed E-state index contributed by atoms with van der Waals surface area (Å²) in [6, 6.07) is 3.05. The van der Waals surface area contributed by atoms with Gasteiger partial charge in [-0.1, -0.05) is 0 Å². The first-order chi connectivity index (χ1) is 7.84. The SMILES string of the molecule is Fc1ccc(-c2cnn3c2COCC3)nc1. The molecular weight excluding hydrogens is 209 g/mol. The van der Waals surface area contributed by atoms with Crippen LogP contribution in [0.4, 0.5) is 4.39 Å². The number of fused-ring (bicyclic) bond motifs is 1. The second kappa shape index (κ2) is 3.68. The van der Waals surface area contributed by atoms with Crippen molar-refractivity contribution in [1.82, 2.24) is 14.8 Å². The van der Waals surface area contributed by atoms with Gasteiger partial charge >= 0.3 is 0 Å². The van der Waals surface area contributed by atoms with Crippen LogP contribution in [0, 0.1) is 5.82 Å². The molecule has 0 amide bonds. The Bertz CT molecular complexity index is 506. The van der Waals surface area contributed by atoms with E-state index in [0.29, 0.717) is 13.2 Å². The van der Waals surface area contributed by atoms with Crippen molar-refractivity contribution in [3.63, 3.8) is 0 Å². The van der Waals surface area contributed by atoms with Gasteiger partial charge in [0.1, 0.15) is 5.82 Å². The molecule has 0 saturated heterocycles.